The molecular weight excluding hydrogens is 342 g/mol. The van der Waals surface area contributed by atoms with Gasteiger partial charge in [0.1, 0.15) is 5.69 Å². The van der Waals surface area contributed by atoms with E-state index in [1.54, 1.807) is 11.0 Å². The first kappa shape index (κ1) is 18.8. The fraction of sp³-hybridized carbons (Fsp3) is 0.400. The Kier molecular flexibility index (Phi) is 5.39. The van der Waals surface area contributed by atoms with Crippen molar-refractivity contribution >= 4 is 23.5 Å². The SMILES string of the molecule is Cc1cccc(N2C[C@H](NC(=O)c3cc(CC(C)C)nc(N)n3)CC2=O)c1. The van der Waals surface area contributed by atoms with Crippen LogP contribution in [0.2, 0.25) is 0 Å². The summed E-state index contributed by atoms with van der Waals surface area (Å²) in [7, 11) is 0. The topological polar surface area (TPSA) is 101 Å². The van der Waals surface area contributed by atoms with Crippen molar-refractivity contribution < 1.29 is 9.59 Å². The molecule has 7 nitrogen and oxygen atoms in total. The molecule has 2 amide bonds. The third kappa shape index (κ3) is 4.61. The van der Waals surface area contributed by atoms with E-state index in [9.17, 15) is 9.59 Å². The molecule has 0 unspecified atom stereocenters. The number of nitrogens with zero attached hydrogens (tertiary/aromatic N) is 3. The van der Waals surface area contributed by atoms with Gasteiger partial charge in [0.15, 0.2) is 0 Å². The number of carbonyl (C=O) groups is 2. The monoisotopic (exact) mass is 367 g/mol. The van der Waals surface area contributed by atoms with E-state index in [1.807, 2.05) is 31.2 Å². The second kappa shape index (κ2) is 7.73. The largest absolute Gasteiger partial charge is 0.368 e. The van der Waals surface area contributed by atoms with Gasteiger partial charge in [-0.15, -0.1) is 0 Å². The van der Waals surface area contributed by atoms with Gasteiger partial charge in [0.05, 0.1) is 6.04 Å². The minimum Gasteiger partial charge on any atom is -0.368 e. The van der Waals surface area contributed by atoms with Gasteiger partial charge in [0.2, 0.25) is 11.9 Å². The third-order valence-corrected chi connectivity index (χ3v) is 4.42. The predicted molar refractivity (Wildman–Crippen MR) is 104 cm³/mol. The maximum atomic E-state index is 12.6. The van der Waals surface area contributed by atoms with E-state index in [4.69, 9.17) is 5.73 Å². The maximum Gasteiger partial charge on any atom is 0.270 e. The number of aryl methyl sites for hydroxylation is 1. The summed E-state index contributed by atoms with van der Waals surface area (Å²) in [6.45, 7) is 6.56. The molecule has 0 bridgehead atoms. The van der Waals surface area contributed by atoms with Crippen molar-refractivity contribution in [2.45, 2.75) is 39.7 Å². The summed E-state index contributed by atoms with van der Waals surface area (Å²) < 4.78 is 0. The van der Waals surface area contributed by atoms with E-state index in [0.717, 1.165) is 23.4 Å². The molecule has 1 aliphatic rings. The first-order chi connectivity index (χ1) is 12.8. The van der Waals surface area contributed by atoms with Crippen LogP contribution in [0.4, 0.5) is 11.6 Å². The number of nitrogens with two attached hydrogens (primary N) is 1. The van der Waals surface area contributed by atoms with E-state index >= 15 is 0 Å². The van der Waals surface area contributed by atoms with Crippen LogP contribution in [0, 0.1) is 12.8 Å². The minimum absolute atomic E-state index is 0.00593. The number of aromatic nitrogens is 2. The smallest absolute Gasteiger partial charge is 0.270 e. The van der Waals surface area contributed by atoms with Crippen LogP contribution in [-0.2, 0) is 11.2 Å². The molecule has 142 valence electrons. The summed E-state index contributed by atoms with van der Waals surface area (Å²) in [5.41, 5.74) is 8.66. The highest BCUT2D eigenvalue weighted by molar-refractivity contribution is 5.98. The van der Waals surface area contributed by atoms with E-state index in [1.165, 1.54) is 0 Å². The van der Waals surface area contributed by atoms with Gasteiger partial charge in [0, 0.05) is 24.3 Å². The van der Waals surface area contributed by atoms with Crippen LogP contribution in [0.5, 0.6) is 0 Å². The summed E-state index contributed by atoms with van der Waals surface area (Å²) in [6, 6.07) is 9.17. The van der Waals surface area contributed by atoms with Crippen molar-refractivity contribution in [2.24, 2.45) is 5.92 Å². The number of anilines is 2. The molecule has 1 aliphatic heterocycles. The molecule has 0 spiro atoms. The molecule has 0 saturated carbocycles. The van der Waals surface area contributed by atoms with Crippen molar-refractivity contribution in [3.05, 3.63) is 47.3 Å². The van der Waals surface area contributed by atoms with Crippen molar-refractivity contribution in [2.75, 3.05) is 17.2 Å². The van der Waals surface area contributed by atoms with Gasteiger partial charge in [-0.3, -0.25) is 9.59 Å². The number of rotatable bonds is 5. The van der Waals surface area contributed by atoms with Gasteiger partial charge < -0.3 is 16.0 Å². The minimum atomic E-state index is -0.335. The zero-order chi connectivity index (χ0) is 19.6. The molecule has 3 N–H and O–H groups in total. The van der Waals surface area contributed by atoms with Crippen LogP contribution in [0.15, 0.2) is 30.3 Å². The molecule has 7 heteroatoms. The zero-order valence-corrected chi connectivity index (χ0v) is 15.9. The molecule has 1 saturated heterocycles. The first-order valence-corrected chi connectivity index (χ1v) is 9.13. The van der Waals surface area contributed by atoms with E-state index in [0.29, 0.717) is 12.5 Å². The number of hydrogen-bond acceptors (Lipinski definition) is 5. The van der Waals surface area contributed by atoms with Crippen LogP contribution < -0.4 is 16.0 Å². The van der Waals surface area contributed by atoms with Gasteiger partial charge in [-0.05, 0) is 43.0 Å². The summed E-state index contributed by atoms with van der Waals surface area (Å²) in [4.78, 5) is 34.9. The second-order valence-electron chi connectivity index (χ2n) is 7.42. The van der Waals surface area contributed by atoms with E-state index < -0.39 is 0 Å². The van der Waals surface area contributed by atoms with Gasteiger partial charge in [-0.2, -0.15) is 0 Å². The maximum absolute atomic E-state index is 12.6. The number of amides is 2. The predicted octanol–water partition coefficient (Wildman–Crippen LogP) is 2.10. The lowest BCUT2D eigenvalue weighted by Gasteiger charge is -2.17. The van der Waals surface area contributed by atoms with Gasteiger partial charge in [0.25, 0.3) is 5.91 Å². The summed E-state index contributed by atoms with van der Waals surface area (Å²) >= 11 is 0. The highest BCUT2D eigenvalue weighted by Crippen LogP contribution is 2.22. The lowest BCUT2D eigenvalue weighted by molar-refractivity contribution is -0.117. The zero-order valence-electron chi connectivity index (χ0n) is 15.9. The fourth-order valence-corrected chi connectivity index (χ4v) is 3.27. The molecular formula is C20H25N5O2. The Morgan fingerprint density at radius 2 is 2.11 bits per heavy atom. The highest BCUT2D eigenvalue weighted by atomic mass is 16.2. The highest BCUT2D eigenvalue weighted by Gasteiger charge is 2.32. The van der Waals surface area contributed by atoms with Crippen molar-refractivity contribution in [3.63, 3.8) is 0 Å². The number of nitrogens with one attached hydrogen (secondary N) is 1. The average Bonchev–Trinajstić information content (AvgIpc) is 2.94. The normalized spacial score (nSPS) is 16.8. The molecule has 2 heterocycles. The van der Waals surface area contributed by atoms with Crippen LogP contribution >= 0.6 is 0 Å². The standard InChI is InChI=1S/C20H25N5O2/c1-12(2)7-14-9-17(24-20(21)23-14)19(27)22-15-10-18(26)25(11-15)16-6-4-5-13(3)8-16/h4-6,8-9,12,15H,7,10-11H2,1-3H3,(H,22,27)(H2,21,23,24)/t15-/m1/s1. The molecule has 1 atom stereocenters. The van der Waals surface area contributed by atoms with Crippen LogP contribution in [0.3, 0.4) is 0 Å². The summed E-state index contributed by atoms with van der Waals surface area (Å²) in [5, 5.41) is 2.90. The Morgan fingerprint density at radius 3 is 2.81 bits per heavy atom. The molecule has 1 fully saturated rings. The summed E-state index contributed by atoms with van der Waals surface area (Å²) in [6.07, 6.45) is 0.981. The Morgan fingerprint density at radius 1 is 1.33 bits per heavy atom. The molecule has 1 aromatic carbocycles. The van der Waals surface area contributed by atoms with Crippen molar-refractivity contribution in [3.8, 4) is 0 Å². The molecule has 27 heavy (non-hydrogen) atoms. The molecule has 0 aliphatic carbocycles. The van der Waals surface area contributed by atoms with Gasteiger partial charge in [-0.25, -0.2) is 9.97 Å². The molecule has 0 radical (unpaired) electrons. The molecule has 2 aromatic rings. The Hall–Kier alpha value is -2.96. The number of hydrogen-bond donors (Lipinski definition) is 2. The third-order valence-electron chi connectivity index (χ3n) is 4.42. The van der Waals surface area contributed by atoms with Gasteiger partial charge in [-0.1, -0.05) is 26.0 Å². The number of benzene rings is 1. The van der Waals surface area contributed by atoms with Crippen molar-refractivity contribution in [1.29, 1.82) is 0 Å². The van der Waals surface area contributed by atoms with Crippen LogP contribution in [-0.4, -0.2) is 34.4 Å². The molecule has 3 rings (SSSR count). The van der Waals surface area contributed by atoms with E-state index in [-0.39, 0.29) is 35.9 Å². The van der Waals surface area contributed by atoms with Crippen molar-refractivity contribution in [1.82, 2.24) is 15.3 Å². The number of carbonyl (C=O) groups excluding carboxylic acids is 2. The lowest BCUT2D eigenvalue weighted by atomic mass is 10.1. The lowest BCUT2D eigenvalue weighted by Crippen LogP contribution is -2.37. The van der Waals surface area contributed by atoms with Gasteiger partial charge >= 0.3 is 0 Å². The summed E-state index contributed by atoms with van der Waals surface area (Å²) in [5.74, 6) is 0.138. The first-order valence-electron chi connectivity index (χ1n) is 9.13. The Balaban J connectivity index is 1.70. The Bertz CT molecular complexity index is 865. The molecule has 1 aromatic heterocycles. The van der Waals surface area contributed by atoms with E-state index in [2.05, 4.69) is 29.1 Å². The van der Waals surface area contributed by atoms with Crippen LogP contribution in [0.25, 0.3) is 0 Å². The van der Waals surface area contributed by atoms with Crippen LogP contribution in [0.1, 0.15) is 42.0 Å². The average molecular weight is 367 g/mol. The quantitative estimate of drug-likeness (QED) is 0.843. The number of nitrogen functional groups attached to an aromatic ring is 1. The second-order valence-corrected chi connectivity index (χ2v) is 7.42. The fourth-order valence-electron chi connectivity index (χ4n) is 3.27. The Labute approximate surface area is 159 Å².